The van der Waals surface area contributed by atoms with Gasteiger partial charge >= 0.3 is 5.69 Å². The molecule has 0 atom stereocenters. The fourth-order valence-corrected chi connectivity index (χ4v) is 3.48. The van der Waals surface area contributed by atoms with Crippen molar-refractivity contribution in [2.24, 2.45) is 0 Å². The van der Waals surface area contributed by atoms with E-state index >= 15 is 0 Å². The van der Waals surface area contributed by atoms with Crippen LogP contribution in [0, 0.1) is 5.21 Å². The summed E-state index contributed by atoms with van der Waals surface area (Å²) >= 11 is 0. The highest BCUT2D eigenvalue weighted by Crippen LogP contribution is 2.21. The molecule has 1 amide bonds. The zero-order valence-corrected chi connectivity index (χ0v) is 14.4. The van der Waals surface area contributed by atoms with Gasteiger partial charge in [0.25, 0.3) is 11.5 Å². The lowest BCUT2D eigenvalue weighted by atomic mass is 10.0. The van der Waals surface area contributed by atoms with Crippen LogP contribution in [-0.4, -0.2) is 38.4 Å². The zero-order chi connectivity index (χ0) is 19.0. The van der Waals surface area contributed by atoms with Crippen molar-refractivity contribution in [1.29, 1.82) is 0 Å². The van der Waals surface area contributed by atoms with E-state index in [4.69, 9.17) is 0 Å². The molecule has 3 aromatic heterocycles. The van der Waals surface area contributed by atoms with E-state index in [2.05, 4.69) is 9.97 Å². The largest absolute Gasteiger partial charge is 0.619 e. The monoisotopic (exact) mass is 367 g/mol. The molecule has 4 heterocycles. The third-order valence-corrected chi connectivity index (χ3v) is 4.84. The van der Waals surface area contributed by atoms with Crippen molar-refractivity contribution in [2.45, 2.75) is 18.9 Å². The number of hydrogen-bond donors (Lipinski definition) is 1. The third kappa shape index (κ3) is 3.07. The van der Waals surface area contributed by atoms with Crippen LogP contribution >= 0.6 is 0 Å². The van der Waals surface area contributed by atoms with Crippen LogP contribution in [0.25, 0.3) is 11.0 Å². The van der Waals surface area contributed by atoms with Gasteiger partial charge in [0.15, 0.2) is 12.4 Å². The van der Waals surface area contributed by atoms with Gasteiger partial charge in [0.1, 0.15) is 11.2 Å². The highest BCUT2D eigenvalue weighted by Gasteiger charge is 2.27. The summed E-state index contributed by atoms with van der Waals surface area (Å²) in [4.78, 5) is 45.9. The highest BCUT2D eigenvalue weighted by atomic mass is 16.5. The van der Waals surface area contributed by atoms with Gasteiger partial charge in [0.05, 0.1) is 5.39 Å². The molecule has 9 heteroatoms. The first-order valence-corrected chi connectivity index (χ1v) is 8.62. The van der Waals surface area contributed by atoms with E-state index in [1.165, 1.54) is 29.2 Å². The fraction of sp³-hybridized carbons (Fsp3) is 0.278. The van der Waals surface area contributed by atoms with Crippen LogP contribution in [0.15, 0.2) is 52.4 Å². The number of rotatable bonds is 2. The Morgan fingerprint density at radius 3 is 2.74 bits per heavy atom. The number of hydrogen-bond acceptors (Lipinski definition) is 5. The van der Waals surface area contributed by atoms with Crippen molar-refractivity contribution < 1.29 is 9.52 Å². The molecule has 0 radical (unpaired) electrons. The minimum Gasteiger partial charge on any atom is -0.619 e. The summed E-state index contributed by atoms with van der Waals surface area (Å²) < 4.78 is 1.81. The Balaban J connectivity index is 1.56. The number of amides is 1. The van der Waals surface area contributed by atoms with E-state index in [0.717, 1.165) is 0 Å². The Bertz CT molecular complexity index is 1130. The normalized spacial score (nSPS) is 15.2. The molecular formula is C18H17N5O4. The maximum Gasteiger partial charge on any atom is 0.330 e. The van der Waals surface area contributed by atoms with Crippen molar-refractivity contribution in [1.82, 2.24) is 19.4 Å². The molecule has 0 bridgehead atoms. The van der Waals surface area contributed by atoms with E-state index < -0.39 is 5.69 Å². The van der Waals surface area contributed by atoms with Crippen molar-refractivity contribution in [2.75, 3.05) is 13.1 Å². The molecule has 4 rings (SSSR count). The number of nitrogens with one attached hydrogen (secondary N) is 1. The molecule has 1 fully saturated rings. The van der Waals surface area contributed by atoms with E-state index in [-0.39, 0.29) is 23.2 Å². The molecule has 27 heavy (non-hydrogen) atoms. The molecule has 1 saturated heterocycles. The van der Waals surface area contributed by atoms with E-state index in [0.29, 0.717) is 41.6 Å². The molecule has 0 saturated carbocycles. The number of pyridine rings is 2. The summed E-state index contributed by atoms with van der Waals surface area (Å²) in [5.41, 5.74) is -0.280. The van der Waals surface area contributed by atoms with E-state index in [9.17, 15) is 19.6 Å². The molecule has 0 aromatic carbocycles. The van der Waals surface area contributed by atoms with E-state index in [1.807, 2.05) is 0 Å². The molecule has 0 spiro atoms. The Morgan fingerprint density at radius 1 is 1.22 bits per heavy atom. The second-order valence-corrected chi connectivity index (χ2v) is 6.48. The number of aromatic amines is 1. The van der Waals surface area contributed by atoms with Crippen LogP contribution in [-0.2, 0) is 0 Å². The van der Waals surface area contributed by atoms with Gasteiger partial charge in [-0.05, 0) is 31.0 Å². The van der Waals surface area contributed by atoms with Crippen molar-refractivity contribution >= 4 is 16.9 Å². The van der Waals surface area contributed by atoms with Crippen LogP contribution in [0.2, 0.25) is 0 Å². The first-order chi connectivity index (χ1) is 13.0. The lowest BCUT2D eigenvalue weighted by Crippen LogP contribution is -2.45. The van der Waals surface area contributed by atoms with Gasteiger partial charge in [-0.25, -0.2) is 9.78 Å². The fourth-order valence-electron chi connectivity index (χ4n) is 3.48. The Kier molecular flexibility index (Phi) is 4.19. The summed E-state index contributed by atoms with van der Waals surface area (Å²) in [7, 11) is 0. The first kappa shape index (κ1) is 17.0. The summed E-state index contributed by atoms with van der Waals surface area (Å²) in [5.74, 6) is -0.234. The first-order valence-electron chi connectivity index (χ1n) is 8.62. The summed E-state index contributed by atoms with van der Waals surface area (Å²) in [6.45, 7) is 0.794. The van der Waals surface area contributed by atoms with Crippen molar-refractivity contribution in [3.8, 4) is 0 Å². The van der Waals surface area contributed by atoms with Crippen LogP contribution in [0.5, 0.6) is 0 Å². The molecular weight excluding hydrogens is 350 g/mol. The predicted molar refractivity (Wildman–Crippen MR) is 96.2 cm³/mol. The second kappa shape index (κ2) is 6.67. The average Bonchev–Trinajstić information content (AvgIpc) is 2.68. The van der Waals surface area contributed by atoms with Crippen molar-refractivity contribution in [3.63, 3.8) is 0 Å². The number of nitrogens with zero attached hydrogens (tertiary/aromatic N) is 4. The zero-order valence-electron chi connectivity index (χ0n) is 14.4. The molecule has 138 valence electrons. The topological polar surface area (TPSA) is 115 Å². The maximum atomic E-state index is 12.7. The lowest BCUT2D eigenvalue weighted by molar-refractivity contribution is -0.605. The molecule has 9 nitrogen and oxygen atoms in total. The lowest BCUT2D eigenvalue weighted by Gasteiger charge is -2.32. The minimum absolute atomic E-state index is 0.234. The summed E-state index contributed by atoms with van der Waals surface area (Å²) in [6, 6.07) is 6.10. The standard InChI is InChI=1S/C18H17N5O4/c24-16(12-3-2-8-22(27)11-12)21-9-5-13(6-10-21)23-17(25)14-4-1-7-19-15(14)20-18(23)26/h1-4,7-8,11,13H,5-6,9-10H2,(H,19,20,26). The third-order valence-electron chi connectivity index (χ3n) is 4.84. The average molecular weight is 367 g/mol. The predicted octanol–water partition coefficient (Wildman–Crippen LogP) is 0.196. The van der Waals surface area contributed by atoms with Gasteiger partial charge in [0, 0.05) is 31.4 Å². The van der Waals surface area contributed by atoms with Gasteiger partial charge in [-0.2, -0.15) is 4.73 Å². The molecule has 1 N–H and O–H groups in total. The number of fused-ring (bicyclic) bond motifs is 1. The maximum absolute atomic E-state index is 12.7. The minimum atomic E-state index is -0.494. The Labute approximate surface area is 153 Å². The van der Waals surface area contributed by atoms with Gasteiger partial charge in [-0.15, -0.1) is 0 Å². The highest BCUT2D eigenvalue weighted by molar-refractivity contribution is 5.93. The van der Waals surface area contributed by atoms with Crippen LogP contribution < -0.4 is 16.0 Å². The van der Waals surface area contributed by atoms with E-state index in [1.54, 1.807) is 23.1 Å². The quantitative estimate of drug-likeness (QED) is 0.513. The number of piperidine rings is 1. The van der Waals surface area contributed by atoms with Crippen LogP contribution in [0.1, 0.15) is 29.2 Å². The number of carbonyl (C=O) groups is 1. The second-order valence-electron chi connectivity index (χ2n) is 6.48. The smallest absolute Gasteiger partial charge is 0.330 e. The van der Waals surface area contributed by atoms with Crippen LogP contribution in [0.4, 0.5) is 0 Å². The Hall–Kier alpha value is -3.49. The number of aromatic nitrogens is 4. The molecule has 1 aliphatic heterocycles. The molecule has 1 aliphatic rings. The number of carbonyl (C=O) groups excluding carboxylic acids is 1. The number of likely N-dealkylation sites (tertiary alicyclic amines) is 1. The molecule has 0 aliphatic carbocycles. The van der Waals surface area contributed by atoms with Gasteiger partial charge in [0.2, 0.25) is 0 Å². The molecule has 0 unspecified atom stereocenters. The van der Waals surface area contributed by atoms with Gasteiger partial charge < -0.3 is 10.1 Å². The SMILES string of the molecule is O=C(c1ccc[n+]([O-])c1)N1CCC(n2c(=O)[nH]c3ncccc3c2=O)CC1. The van der Waals surface area contributed by atoms with Crippen LogP contribution in [0.3, 0.4) is 0 Å². The van der Waals surface area contributed by atoms with Gasteiger partial charge in [-0.1, -0.05) is 0 Å². The number of H-pyrrole nitrogens is 1. The van der Waals surface area contributed by atoms with Gasteiger partial charge in [-0.3, -0.25) is 19.1 Å². The summed E-state index contributed by atoms with van der Waals surface area (Å²) in [6.07, 6.45) is 5.02. The Morgan fingerprint density at radius 2 is 2.00 bits per heavy atom. The summed E-state index contributed by atoms with van der Waals surface area (Å²) in [5, 5.41) is 11.7. The van der Waals surface area contributed by atoms with Crippen molar-refractivity contribution in [3.05, 3.63) is 74.5 Å². The molecule has 3 aromatic rings.